The summed E-state index contributed by atoms with van der Waals surface area (Å²) in [5.41, 5.74) is 3.76. The smallest absolute Gasteiger partial charge is 0.503 e. The van der Waals surface area contributed by atoms with Crippen LogP contribution in [0.25, 0.3) is 5.57 Å². The largest absolute Gasteiger partial charge is 2.00 e. The Bertz CT molecular complexity index is 4360. The van der Waals surface area contributed by atoms with Gasteiger partial charge in [0.15, 0.2) is 29.2 Å². The van der Waals surface area contributed by atoms with Gasteiger partial charge in [-0.15, -0.1) is 4.89 Å². The molecule has 0 aliphatic carbocycles. The number of unbranched alkanes of at least 4 members (excludes halogenated alkanes) is 3. The van der Waals surface area contributed by atoms with E-state index < -0.39 is 59.2 Å². The van der Waals surface area contributed by atoms with Crippen molar-refractivity contribution in [3.8, 4) is 29.8 Å². The van der Waals surface area contributed by atoms with Gasteiger partial charge in [-0.05, 0) is 106 Å². The number of non-ortho nitro benzene ring substituents is 1. The Morgan fingerprint density at radius 2 is 1.50 bits per heavy atom. The fraction of sp³-hybridized carbons (Fsp3) is 0.329. The van der Waals surface area contributed by atoms with E-state index in [9.17, 15) is 61.9 Å². The summed E-state index contributed by atoms with van der Waals surface area (Å²) in [6.45, 7) is 14.0. The number of benzene rings is 6. The molecule has 3 atom stereocenters. The van der Waals surface area contributed by atoms with E-state index in [-0.39, 0.29) is 103 Å². The van der Waals surface area contributed by atoms with E-state index >= 15 is 0 Å². The summed E-state index contributed by atoms with van der Waals surface area (Å²) in [6.07, 6.45) is 9.57. The Hall–Kier alpha value is -10.2. The van der Waals surface area contributed by atoms with E-state index in [1.165, 1.54) is 82.1 Å². The van der Waals surface area contributed by atoms with Crippen LogP contribution in [0.2, 0.25) is 0 Å². The number of nitrogens with one attached hydrogen (secondary N) is 3. The summed E-state index contributed by atoms with van der Waals surface area (Å²) in [4.78, 5) is 98.7. The molecule has 3 amide bonds. The maximum atomic E-state index is 12.9. The topological polar surface area (TPSA) is 359 Å². The first-order chi connectivity index (χ1) is 53.7. The van der Waals surface area contributed by atoms with Crippen molar-refractivity contribution in [1.82, 2.24) is 21.0 Å². The number of halogens is 3. The first-order valence-corrected chi connectivity index (χ1v) is 36.7. The van der Waals surface area contributed by atoms with Crippen LogP contribution in [0.15, 0.2) is 162 Å². The van der Waals surface area contributed by atoms with Crippen LogP contribution < -0.4 is 30.4 Å². The molecule has 1 heterocycles. The molecule has 6 aromatic carbocycles. The number of hydrogen-bond donors (Lipinski definition) is 4. The van der Waals surface area contributed by atoms with Gasteiger partial charge in [0.1, 0.15) is 44.0 Å². The van der Waals surface area contributed by atoms with Crippen molar-refractivity contribution < 1.29 is 119 Å². The first kappa shape index (κ1) is 105. The number of nitrogens with zero attached hydrogens (tertiary/aromatic N) is 6. The van der Waals surface area contributed by atoms with Crippen LogP contribution in [0.5, 0.6) is 17.2 Å². The first-order valence-electron chi connectivity index (χ1n) is 33.9. The number of aryl methyl sites for hydroxylation is 2. The molecule has 0 aromatic heterocycles. The number of likely N-dealkylation sites (N-methyl/N-ethyl adjacent to an activating group) is 1. The van der Waals surface area contributed by atoms with Crippen LogP contribution in [0, 0.1) is 46.6 Å². The molecule has 39 heteroatoms. The predicted molar refractivity (Wildman–Crippen MR) is 443 cm³/mol. The number of hydrazine groups is 1. The second-order valence-electron chi connectivity index (χ2n) is 23.2. The number of cyclic esters (lactones) is 1. The summed E-state index contributed by atoms with van der Waals surface area (Å²) >= 11 is 18.6. The van der Waals surface area contributed by atoms with Gasteiger partial charge in [-0.2, -0.15) is 17.7 Å². The molecule has 1 fully saturated rings. The zero-order valence-electron chi connectivity index (χ0n) is 64.5. The number of rotatable bonds is 30. The molecule has 3 unspecified atom stereocenters. The molecule has 0 radical (unpaired) electrons. The summed E-state index contributed by atoms with van der Waals surface area (Å²) in [7, 11) is 4.45. The number of terminal acetylenes is 1. The molecule has 0 saturated carbocycles. The van der Waals surface area contributed by atoms with Gasteiger partial charge in [-0.25, -0.2) is 24.4 Å². The van der Waals surface area contributed by atoms with Crippen molar-refractivity contribution in [2.75, 3.05) is 66.8 Å². The van der Waals surface area contributed by atoms with Gasteiger partial charge < -0.3 is 104 Å². The molecule has 1 aliphatic heterocycles. The number of anilines is 1. The van der Waals surface area contributed by atoms with Crippen LogP contribution in [0.1, 0.15) is 117 Å². The number of alkyl halides is 3. The number of nitro groups is 2. The second-order valence-corrected chi connectivity index (χ2v) is 26.0. The van der Waals surface area contributed by atoms with Crippen LogP contribution in [-0.2, 0) is 114 Å². The number of esters is 2. The van der Waals surface area contributed by atoms with Crippen LogP contribution >= 0.6 is 32.7 Å². The Labute approximate surface area is 711 Å². The average Bonchev–Trinajstić information content (AvgIpc) is 1.28. The van der Waals surface area contributed by atoms with E-state index in [0.29, 0.717) is 73.2 Å². The van der Waals surface area contributed by atoms with Crippen LogP contribution in [0.3, 0.4) is 0 Å². The van der Waals surface area contributed by atoms with E-state index in [0.717, 1.165) is 61.1 Å². The summed E-state index contributed by atoms with van der Waals surface area (Å²) in [5.74, 6) is -1.22. The monoisotopic (exact) mass is 1760 g/mol. The summed E-state index contributed by atoms with van der Waals surface area (Å²) < 4.78 is 82.9. The van der Waals surface area contributed by atoms with Gasteiger partial charge in [0.05, 0.1) is 65.5 Å². The number of carbonyl (C=O) groups is 5. The maximum absolute atomic E-state index is 12.9. The third kappa shape index (κ3) is 38.2. The maximum Gasteiger partial charge on any atom is 2.00 e. The van der Waals surface area contributed by atoms with Gasteiger partial charge in [0, 0.05) is 54.6 Å². The molecule has 614 valence electrons. The van der Waals surface area contributed by atoms with Crippen molar-refractivity contribution in [3.05, 3.63) is 217 Å². The van der Waals surface area contributed by atoms with Crippen molar-refractivity contribution >= 4 is 148 Å². The second kappa shape index (κ2) is 57.0. The van der Waals surface area contributed by atoms with E-state index in [1.54, 1.807) is 56.3 Å². The van der Waals surface area contributed by atoms with Gasteiger partial charge in [-0.1, -0.05) is 156 Å². The fourth-order valence-corrected chi connectivity index (χ4v) is 10.4. The Balaban J connectivity index is 0.00000141. The molecule has 115 heavy (non-hydrogen) atoms. The molecular formula is C76H91AlF3N9O20PS4Zn+. The number of ether oxygens (including phenoxy) is 6. The predicted octanol–water partition coefficient (Wildman–Crippen LogP) is 13.4. The number of thiocarbonyl (C=S) groups is 2. The number of hydrogen-bond acceptors (Lipinski definition) is 25. The standard InChI is InChI=1S/C21H20F3NO4.C18H24N2O6.C16H16N2O3.C14H18N2O4.C5H10N2S4.C2HO3P.Al.Zn.3H/c1-14(15-8-6-9-17(11-15)21(22,23)24)25-29-12-16-7-4-5-10-18(16)19(13-27-2)20(26)28-3;1-4-6-7-8-10-13(3)15-11-14(19(22)23)12-16(20(24)25)18(15)26-17(21)9-5-2;1-17-16(19)15(18-20-2)13-10-6-7-11-14(13)21-12-8-4-3-5-9-12;1-10-5-4-6-11(2)13(10)16(12(17)9-19-3)15-7-8-20-14(15)18;1-3(7-5(10)11)2-6-4(8)9;1-2-5-6(3)4;;;;;/h4-11,13H,12H2,1-3H3;5,9,11-13H,4,6-8,10H2,1-3H3;3-11H,1-2H3,(H,17,19);4-6H,7-9H2,1-3H3;3H,2H2,1H3,(H2,6,8,9)(H2,7,10,11);1H;;;;;/q;;;;;;;+2;;;/p-1. The third-order valence-electron chi connectivity index (χ3n) is 14.9. The van der Waals surface area contributed by atoms with E-state index in [2.05, 4.69) is 93.8 Å². The fourth-order valence-electron chi connectivity index (χ4n) is 9.77. The average molecular weight is 1760 g/mol. The normalized spacial score (nSPS) is 12.0. The summed E-state index contributed by atoms with van der Waals surface area (Å²) in [5, 5.41) is 41.2. The molecule has 29 nitrogen and oxygen atoms in total. The molecule has 7 rings (SSSR count). The molecule has 4 N–H and O–H groups in total. The zero-order valence-corrected chi connectivity index (χ0v) is 71.7. The van der Waals surface area contributed by atoms with Crippen LogP contribution in [0.4, 0.5) is 35.0 Å². The molecule has 1 saturated heterocycles. The van der Waals surface area contributed by atoms with Gasteiger partial charge >= 0.3 is 57.6 Å². The zero-order chi connectivity index (χ0) is 84.8. The van der Waals surface area contributed by atoms with E-state index in [4.69, 9.17) is 43.0 Å². The minimum Gasteiger partial charge on any atom is -0.503 e. The number of methoxy groups -OCH3 is 3. The molecular weight excluding hydrogens is 1670 g/mol. The quantitative estimate of drug-likeness (QED) is 0.00260. The number of allylic oxidation sites excluding steroid dienone is 1. The number of amides is 3. The van der Waals surface area contributed by atoms with E-state index in [1.807, 2.05) is 82.3 Å². The number of para-hydroxylation sites is 3. The Morgan fingerprint density at radius 3 is 2.02 bits per heavy atom. The Morgan fingerprint density at radius 1 is 0.870 bits per heavy atom. The molecule has 6 aromatic rings. The van der Waals surface area contributed by atoms with Crippen molar-refractivity contribution in [2.24, 2.45) is 10.3 Å². The molecule has 1 aliphatic rings. The minimum absolute atomic E-state index is 0. The number of oxime groups is 2. The van der Waals surface area contributed by atoms with Crippen molar-refractivity contribution in [1.29, 1.82) is 0 Å². The summed E-state index contributed by atoms with van der Waals surface area (Å²) in [6, 6.07) is 36.2. The van der Waals surface area contributed by atoms with Gasteiger partial charge in [0.2, 0.25) is 5.75 Å². The van der Waals surface area contributed by atoms with Crippen LogP contribution in [-0.4, -0.2) is 155 Å². The number of carbonyl (C=O) groups excluding carboxylic acids is 5. The third-order valence-corrected chi connectivity index (χ3v) is 15.7. The molecule has 0 bridgehead atoms. The van der Waals surface area contributed by atoms with Gasteiger partial charge in [-0.3, -0.25) is 29.8 Å². The Kier molecular flexibility index (Phi) is 51.9. The van der Waals surface area contributed by atoms with Gasteiger partial charge in [0.25, 0.3) is 17.5 Å². The van der Waals surface area contributed by atoms with Crippen molar-refractivity contribution in [3.63, 3.8) is 0 Å². The number of nitro benzene ring substituents is 2. The SMILES string of the molecule is C#CO[P+](=O)O.CC(CNC(=S)[S-])NC(=S)[S-].CC=CC(=O)Oc1c(C(C)CCCCCC)cc([N+](=O)[O-])cc1[N+](=O)[O-].CNC(=O)C(=NOC)c1ccccc1Oc1ccccc1.COC=C(C(=O)OC)c1ccccc1CON=C(C)c1cccc(C(F)(F)F)c1.COCC(=O)N(c1c(C)cccc1C)N1CCOC1=O.[AlH3].[Zn+2]. The molecule has 0 spiro atoms. The van der Waals surface area contributed by atoms with Crippen molar-refractivity contribution in [2.45, 2.75) is 105 Å². The minimum atomic E-state index is -4.44.